The number of hydrogen-bond acceptors (Lipinski definition) is 4. The molecule has 0 unspecified atom stereocenters. The SMILES string of the molecule is C1=NC=c2cc3oc4nnc(c21)c3=4. The highest BCUT2D eigenvalue weighted by molar-refractivity contribution is 5.95. The third-order valence-electron chi connectivity index (χ3n) is 2.41. The summed E-state index contributed by atoms with van der Waals surface area (Å²) in [7, 11) is 0. The Morgan fingerprint density at radius 1 is 1.23 bits per heavy atom. The van der Waals surface area contributed by atoms with Crippen LogP contribution in [0.1, 0.15) is 5.56 Å². The van der Waals surface area contributed by atoms with Gasteiger partial charge >= 0.3 is 0 Å². The average Bonchev–Trinajstić information content (AvgIpc) is 2.63. The molecule has 1 aromatic carbocycles. The molecule has 0 amide bonds. The summed E-state index contributed by atoms with van der Waals surface area (Å²) >= 11 is 0. The monoisotopic (exact) mass is 169 g/mol. The fourth-order valence-corrected chi connectivity index (χ4v) is 1.78. The molecule has 3 heterocycles. The van der Waals surface area contributed by atoms with Gasteiger partial charge in [0.1, 0.15) is 16.3 Å². The van der Waals surface area contributed by atoms with Gasteiger partial charge in [-0.3, -0.25) is 4.99 Å². The van der Waals surface area contributed by atoms with Gasteiger partial charge in [-0.2, -0.15) is 0 Å². The quantitative estimate of drug-likeness (QED) is 0.485. The van der Waals surface area contributed by atoms with Crippen molar-refractivity contribution in [2.75, 3.05) is 0 Å². The van der Waals surface area contributed by atoms with Gasteiger partial charge in [-0.25, -0.2) is 0 Å². The van der Waals surface area contributed by atoms with Crippen LogP contribution in [-0.2, 0) is 0 Å². The molecular formula is C9H3N3O. The number of hydrogen-bond donors (Lipinski definition) is 0. The average molecular weight is 169 g/mol. The minimum absolute atomic E-state index is 0.646. The molecule has 0 fully saturated rings. The van der Waals surface area contributed by atoms with E-state index in [1.807, 2.05) is 12.3 Å². The molecule has 0 atom stereocenters. The molecule has 3 aliphatic heterocycles. The Kier molecular flexibility index (Phi) is 0.669. The van der Waals surface area contributed by atoms with E-state index in [0.29, 0.717) is 5.55 Å². The van der Waals surface area contributed by atoms with Gasteiger partial charge in [0.05, 0.1) is 0 Å². The molecular weight excluding hydrogens is 166 g/mol. The van der Waals surface area contributed by atoms with Gasteiger partial charge < -0.3 is 4.42 Å². The summed E-state index contributed by atoms with van der Waals surface area (Å²) in [5.41, 5.74) is 3.48. The lowest BCUT2D eigenvalue weighted by Gasteiger charge is -1.97. The first-order valence-electron chi connectivity index (χ1n) is 3.98. The lowest BCUT2D eigenvalue weighted by atomic mass is 10.1. The van der Waals surface area contributed by atoms with E-state index < -0.39 is 0 Å². The summed E-state index contributed by atoms with van der Waals surface area (Å²) in [5.74, 6) is 0. The van der Waals surface area contributed by atoms with Crippen molar-refractivity contribution in [1.29, 1.82) is 0 Å². The highest BCUT2D eigenvalue weighted by Gasteiger charge is 2.16. The highest BCUT2D eigenvalue weighted by atomic mass is 16.4. The Morgan fingerprint density at radius 2 is 2.23 bits per heavy atom. The molecule has 0 radical (unpaired) electrons. The predicted molar refractivity (Wildman–Crippen MR) is 45.6 cm³/mol. The van der Waals surface area contributed by atoms with Crippen LogP contribution in [0.2, 0.25) is 0 Å². The third kappa shape index (κ3) is 0.472. The van der Waals surface area contributed by atoms with Crippen molar-refractivity contribution >= 4 is 23.5 Å². The van der Waals surface area contributed by atoms with E-state index in [4.69, 9.17) is 4.42 Å². The summed E-state index contributed by atoms with van der Waals surface area (Å²) in [4.78, 5) is 4.07. The van der Waals surface area contributed by atoms with E-state index in [-0.39, 0.29) is 0 Å². The number of aliphatic imine (C=N–C) groups is 1. The smallest absolute Gasteiger partial charge is 0.252 e. The van der Waals surface area contributed by atoms with Gasteiger partial charge in [-0.15, -0.1) is 10.2 Å². The van der Waals surface area contributed by atoms with Crippen LogP contribution in [0.5, 0.6) is 0 Å². The molecule has 0 saturated carbocycles. The molecule has 1 aromatic rings. The number of fused-ring (bicyclic) bond motifs is 2. The van der Waals surface area contributed by atoms with Crippen LogP contribution in [0, 0.1) is 10.8 Å². The van der Waals surface area contributed by atoms with Crippen molar-refractivity contribution in [1.82, 2.24) is 10.2 Å². The van der Waals surface area contributed by atoms with E-state index in [9.17, 15) is 0 Å². The fourth-order valence-electron chi connectivity index (χ4n) is 1.78. The molecule has 4 nitrogen and oxygen atoms in total. The van der Waals surface area contributed by atoms with Crippen molar-refractivity contribution in [3.05, 3.63) is 27.6 Å². The van der Waals surface area contributed by atoms with Crippen LogP contribution in [0.15, 0.2) is 15.5 Å². The number of nitrogens with zero attached hydrogens (tertiary/aromatic N) is 3. The maximum Gasteiger partial charge on any atom is 0.252 e. The second-order valence-corrected chi connectivity index (χ2v) is 3.12. The summed E-state index contributed by atoms with van der Waals surface area (Å²) in [6, 6.07) is 1.97. The van der Waals surface area contributed by atoms with E-state index in [1.165, 1.54) is 0 Å². The van der Waals surface area contributed by atoms with Crippen molar-refractivity contribution in [3.63, 3.8) is 0 Å². The van der Waals surface area contributed by atoms with Crippen LogP contribution in [0.3, 0.4) is 0 Å². The van der Waals surface area contributed by atoms with Crippen molar-refractivity contribution in [2.45, 2.75) is 0 Å². The van der Waals surface area contributed by atoms with Gasteiger partial charge in [0.2, 0.25) is 0 Å². The van der Waals surface area contributed by atoms with E-state index in [0.717, 1.165) is 27.1 Å². The topological polar surface area (TPSA) is 51.3 Å². The molecule has 13 heavy (non-hydrogen) atoms. The highest BCUT2D eigenvalue weighted by Crippen LogP contribution is 2.19. The Morgan fingerprint density at radius 3 is 3.23 bits per heavy atom. The molecule has 4 rings (SSSR count). The Bertz CT molecular complexity index is 740. The van der Waals surface area contributed by atoms with E-state index >= 15 is 0 Å². The van der Waals surface area contributed by atoms with Crippen LogP contribution in [0.4, 0.5) is 0 Å². The molecule has 0 spiro atoms. The lowest BCUT2D eigenvalue weighted by Crippen LogP contribution is -2.06. The first-order chi connectivity index (χ1) is 6.43. The molecule has 4 heteroatoms. The van der Waals surface area contributed by atoms with Gasteiger partial charge in [-0.05, 0) is 6.07 Å². The molecule has 0 bridgehead atoms. The molecule has 0 saturated heterocycles. The predicted octanol–water partition coefficient (Wildman–Crippen LogP) is 0.275. The van der Waals surface area contributed by atoms with Gasteiger partial charge in [0.25, 0.3) is 5.55 Å². The van der Waals surface area contributed by atoms with Gasteiger partial charge in [0, 0.05) is 23.2 Å². The van der Waals surface area contributed by atoms with E-state index in [1.54, 1.807) is 6.20 Å². The Balaban J connectivity index is 2.52. The first kappa shape index (κ1) is 5.64. The molecule has 0 N–H and O–H groups in total. The number of benzene rings is 1. The Labute approximate surface area is 71.6 Å². The van der Waals surface area contributed by atoms with Gasteiger partial charge in [-0.1, -0.05) is 0 Å². The lowest BCUT2D eigenvalue weighted by molar-refractivity contribution is 0.508. The zero-order chi connectivity index (χ0) is 8.41. The number of aromatic nitrogens is 2. The minimum Gasteiger partial charge on any atom is -0.436 e. The molecule has 60 valence electrons. The fraction of sp³-hybridized carbons (Fsp3) is 0. The number of rotatable bonds is 0. The second kappa shape index (κ2) is 1.54. The van der Waals surface area contributed by atoms with E-state index in [2.05, 4.69) is 15.2 Å². The molecule has 0 aliphatic carbocycles. The van der Waals surface area contributed by atoms with Crippen molar-refractivity contribution in [3.8, 4) is 0 Å². The molecule has 3 aliphatic rings. The third-order valence-corrected chi connectivity index (χ3v) is 2.41. The zero-order valence-electron chi connectivity index (χ0n) is 6.48. The zero-order valence-corrected chi connectivity index (χ0v) is 6.48. The first-order valence-corrected chi connectivity index (χ1v) is 3.98. The molecule has 0 aromatic heterocycles. The van der Waals surface area contributed by atoms with Crippen molar-refractivity contribution < 1.29 is 4.42 Å². The maximum absolute atomic E-state index is 5.29. The summed E-state index contributed by atoms with van der Waals surface area (Å²) < 4.78 is 5.29. The Hall–Kier alpha value is -1.97. The standard InChI is InChI=1S/C9H3N3O/c1-4-2-10-3-5(4)8-7-6(1)13-9(7)12-11-8/h1-3H. The normalized spacial score (nSPS) is 14.5. The van der Waals surface area contributed by atoms with Crippen molar-refractivity contribution in [2.24, 2.45) is 4.99 Å². The second-order valence-electron chi connectivity index (χ2n) is 3.12. The van der Waals surface area contributed by atoms with Crippen LogP contribution < -0.4 is 5.22 Å². The maximum atomic E-state index is 5.29. The summed E-state index contributed by atoms with van der Waals surface area (Å²) in [6.45, 7) is 0. The van der Waals surface area contributed by atoms with Gasteiger partial charge in [0.15, 0.2) is 0 Å². The largest absolute Gasteiger partial charge is 0.436 e. The summed E-state index contributed by atoms with van der Waals surface area (Å²) in [5, 5.41) is 10.1. The summed E-state index contributed by atoms with van der Waals surface area (Å²) in [6.07, 6.45) is 3.62. The van der Waals surface area contributed by atoms with Crippen LogP contribution >= 0.6 is 0 Å². The minimum atomic E-state index is 0.646. The van der Waals surface area contributed by atoms with Crippen LogP contribution in [0.25, 0.3) is 17.3 Å². The van der Waals surface area contributed by atoms with Crippen LogP contribution in [-0.4, -0.2) is 16.4 Å².